The lowest BCUT2D eigenvalue weighted by molar-refractivity contribution is -0.384. The van der Waals surface area contributed by atoms with Crippen molar-refractivity contribution in [2.75, 3.05) is 6.61 Å². The topological polar surface area (TPSA) is 96.0 Å². The number of carbonyl (C=O) groups is 1. The molecule has 0 aliphatic rings. The minimum Gasteiger partial charge on any atom is -0.487 e. The molecular formula is C36H35F4N3O5. The molecule has 1 aromatic heterocycles. The van der Waals surface area contributed by atoms with Crippen molar-refractivity contribution >= 4 is 49.9 Å². The molecule has 0 saturated carbocycles. The van der Waals surface area contributed by atoms with Crippen molar-refractivity contribution < 1.29 is 36.9 Å². The summed E-state index contributed by atoms with van der Waals surface area (Å²) in [6.07, 6.45) is 0.278. The van der Waals surface area contributed by atoms with Gasteiger partial charge in [-0.15, -0.1) is 0 Å². The summed E-state index contributed by atoms with van der Waals surface area (Å²) in [7, 11) is 0. The SMILES string of the molecule is CCCCC(CC)Cn1c2ccc([N+](=O)[O-])cc2c2cc(/C(=N/OC(C)=O)c3ccc(OCC(F)(F)C(F)F)cc3)c3ccccc3c21. The normalized spacial score (nSPS) is 13.0. The summed E-state index contributed by atoms with van der Waals surface area (Å²) in [6, 6.07) is 20.0. The fraction of sp³-hybridized carbons (Fsp3) is 0.333. The van der Waals surface area contributed by atoms with Gasteiger partial charge in [0.15, 0.2) is 6.61 Å². The quantitative estimate of drug-likeness (QED) is 0.0387. The van der Waals surface area contributed by atoms with Gasteiger partial charge in [-0.25, -0.2) is 13.6 Å². The van der Waals surface area contributed by atoms with E-state index in [0.29, 0.717) is 29.0 Å². The highest BCUT2D eigenvalue weighted by Gasteiger charge is 2.41. The van der Waals surface area contributed by atoms with E-state index < -0.39 is 29.8 Å². The third-order valence-corrected chi connectivity index (χ3v) is 8.44. The van der Waals surface area contributed by atoms with Crippen molar-refractivity contribution in [3.63, 3.8) is 0 Å². The van der Waals surface area contributed by atoms with E-state index >= 15 is 0 Å². The molecule has 1 unspecified atom stereocenters. The van der Waals surface area contributed by atoms with Crippen molar-refractivity contribution in [3.05, 3.63) is 94.0 Å². The van der Waals surface area contributed by atoms with E-state index in [1.165, 1.54) is 37.3 Å². The molecule has 0 N–H and O–H groups in total. The molecule has 0 amide bonds. The Bertz CT molecular complexity index is 1990. The van der Waals surface area contributed by atoms with Crippen LogP contribution in [0.4, 0.5) is 23.2 Å². The number of nitrogens with zero attached hydrogens (tertiary/aromatic N) is 3. The standard InChI is InChI=1S/C36H35F4N3O5/c1-4-6-9-23(5-2)20-42-32-17-14-25(43(45)46)18-29(32)31-19-30(27-10-7-8-11-28(27)34(31)42)33(41-48-22(3)44)24-12-15-26(16-13-24)47-21-36(39,40)35(37)38/h7-8,10-19,23,35H,4-6,9,20-21H2,1-3H3/b41-33+. The number of nitro groups is 1. The van der Waals surface area contributed by atoms with Gasteiger partial charge in [0.1, 0.15) is 11.5 Å². The van der Waals surface area contributed by atoms with Gasteiger partial charge in [0.2, 0.25) is 0 Å². The van der Waals surface area contributed by atoms with E-state index in [-0.39, 0.29) is 17.1 Å². The van der Waals surface area contributed by atoms with Gasteiger partial charge in [-0.3, -0.25) is 10.1 Å². The summed E-state index contributed by atoms with van der Waals surface area (Å²) in [5.74, 6) is -4.71. The second kappa shape index (κ2) is 14.4. The minimum atomic E-state index is -4.32. The number of fused-ring (bicyclic) bond motifs is 5. The predicted molar refractivity (Wildman–Crippen MR) is 177 cm³/mol. The Morgan fingerprint density at radius 1 is 0.979 bits per heavy atom. The van der Waals surface area contributed by atoms with E-state index in [9.17, 15) is 32.5 Å². The summed E-state index contributed by atoms with van der Waals surface area (Å²) in [6.45, 7) is 4.71. The van der Waals surface area contributed by atoms with Gasteiger partial charge in [-0.05, 0) is 54.1 Å². The number of aromatic nitrogens is 1. The third kappa shape index (κ3) is 7.12. The molecule has 0 saturated heterocycles. The fourth-order valence-corrected chi connectivity index (χ4v) is 5.95. The van der Waals surface area contributed by atoms with Crippen LogP contribution in [0.1, 0.15) is 57.6 Å². The highest BCUT2D eigenvalue weighted by atomic mass is 19.3. The number of ether oxygens (including phenoxy) is 1. The molecule has 1 heterocycles. The molecule has 0 aliphatic heterocycles. The molecule has 0 spiro atoms. The molecule has 0 fully saturated rings. The number of alkyl halides is 4. The molecule has 5 aromatic rings. The van der Waals surface area contributed by atoms with Crippen LogP contribution in [0.15, 0.2) is 78.0 Å². The van der Waals surface area contributed by atoms with Gasteiger partial charge in [0.25, 0.3) is 5.69 Å². The summed E-state index contributed by atoms with van der Waals surface area (Å²) in [5.41, 5.74) is 2.85. The number of benzene rings is 4. The first-order valence-electron chi connectivity index (χ1n) is 15.7. The first-order chi connectivity index (χ1) is 22.9. The van der Waals surface area contributed by atoms with Crippen molar-refractivity contribution in [1.29, 1.82) is 0 Å². The highest BCUT2D eigenvalue weighted by Crippen LogP contribution is 2.39. The van der Waals surface area contributed by atoms with Crippen LogP contribution in [-0.2, 0) is 16.2 Å². The maximum absolute atomic E-state index is 13.5. The van der Waals surface area contributed by atoms with Gasteiger partial charge in [0, 0.05) is 58.4 Å². The van der Waals surface area contributed by atoms with Crippen molar-refractivity contribution in [2.45, 2.75) is 65.3 Å². The van der Waals surface area contributed by atoms with Crippen LogP contribution in [0.25, 0.3) is 32.6 Å². The molecule has 1 atom stereocenters. The Morgan fingerprint density at radius 3 is 2.31 bits per heavy atom. The largest absolute Gasteiger partial charge is 0.487 e. The molecule has 0 radical (unpaired) electrons. The number of halogens is 4. The Morgan fingerprint density at radius 2 is 1.69 bits per heavy atom. The highest BCUT2D eigenvalue weighted by molar-refractivity contribution is 6.27. The van der Waals surface area contributed by atoms with E-state index in [1.807, 2.05) is 30.3 Å². The Hall–Kier alpha value is -5.00. The monoisotopic (exact) mass is 665 g/mol. The summed E-state index contributed by atoms with van der Waals surface area (Å²) in [5, 5.41) is 19.0. The average Bonchev–Trinajstić information content (AvgIpc) is 3.38. The maximum atomic E-state index is 13.5. The third-order valence-electron chi connectivity index (χ3n) is 8.44. The van der Waals surface area contributed by atoms with E-state index in [4.69, 9.17) is 9.57 Å². The zero-order chi connectivity index (χ0) is 34.6. The van der Waals surface area contributed by atoms with Crippen molar-refractivity contribution in [1.82, 2.24) is 4.57 Å². The number of unbranched alkanes of at least 4 members (excludes halogenated alkanes) is 1. The smallest absolute Gasteiger partial charge is 0.340 e. The van der Waals surface area contributed by atoms with Gasteiger partial charge >= 0.3 is 18.3 Å². The minimum absolute atomic E-state index is 0.0592. The van der Waals surface area contributed by atoms with Crippen molar-refractivity contribution in [3.8, 4) is 5.75 Å². The van der Waals surface area contributed by atoms with Gasteiger partial charge in [-0.1, -0.05) is 62.5 Å². The average molecular weight is 666 g/mol. The number of rotatable bonds is 14. The second-order valence-corrected chi connectivity index (χ2v) is 11.7. The zero-order valence-corrected chi connectivity index (χ0v) is 26.7. The van der Waals surface area contributed by atoms with Gasteiger partial charge in [-0.2, -0.15) is 8.78 Å². The lowest BCUT2D eigenvalue weighted by atomic mass is 9.93. The van der Waals surface area contributed by atoms with Crippen molar-refractivity contribution in [2.24, 2.45) is 11.1 Å². The summed E-state index contributed by atoms with van der Waals surface area (Å²) < 4.78 is 59.3. The van der Waals surface area contributed by atoms with Gasteiger partial charge < -0.3 is 14.1 Å². The Balaban J connectivity index is 1.73. The fourth-order valence-electron chi connectivity index (χ4n) is 5.95. The Kier molecular flexibility index (Phi) is 10.3. The molecular weight excluding hydrogens is 630 g/mol. The van der Waals surface area contributed by atoms with Crippen LogP contribution < -0.4 is 4.74 Å². The second-order valence-electron chi connectivity index (χ2n) is 11.7. The van der Waals surface area contributed by atoms with Crippen LogP contribution in [0.3, 0.4) is 0 Å². The van der Waals surface area contributed by atoms with Crippen LogP contribution in [0.5, 0.6) is 5.75 Å². The van der Waals surface area contributed by atoms with Gasteiger partial charge in [0.05, 0.1) is 10.4 Å². The number of carbonyl (C=O) groups excluding carboxylic acids is 1. The molecule has 4 aromatic carbocycles. The lowest BCUT2D eigenvalue weighted by Crippen LogP contribution is -2.33. The summed E-state index contributed by atoms with van der Waals surface area (Å²) in [4.78, 5) is 28.4. The lowest BCUT2D eigenvalue weighted by Gasteiger charge is -2.19. The molecule has 8 nitrogen and oxygen atoms in total. The number of non-ortho nitro benzene ring substituents is 1. The van der Waals surface area contributed by atoms with Crippen LogP contribution in [-0.4, -0.2) is 40.1 Å². The van der Waals surface area contributed by atoms with E-state index in [1.54, 1.807) is 12.1 Å². The molecule has 12 heteroatoms. The zero-order valence-electron chi connectivity index (χ0n) is 26.7. The Labute approximate surface area is 274 Å². The van der Waals surface area contributed by atoms with Crippen LogP contribution in [0, 0.1) is 16.0 Å². The first kappa shape index (κ1) is 34.3. The molecule has 0 aliphatic carbocycles. The number of nitro benzene ring substituents is 1. The summed E-state index contributed by atoms with van der Waals surface area (Å²) >= 11 is 0. The van der Waals surface area contributed by atoms with E-state index in [2.05, 4.69) is 23.6 Å². The van der Waals surface area contributed by atoms with E-state index in [0.717, 1.165) is 52.9 Å². The number of oxime groups is 1. The molecule has 0 bridgehead atoms. The van der Waals surface area contributed by atoms with Crippen LogP contribution in [0.2, 0.25) is 0 Å². The van der Waals surface area contributed by atoms with Crippen LogP contribution >= 0.6 is 0 Å². The molecule has 5 rings (SSSR count). The predicted octanol–water partition coefficient (Wildman–Crippen LogP) is 9.67. The number of hydrogen-bond donors (Lipinski definition) is 0. The molecule has 252 valence electrons. The molecule has 48 heavy (non-hydrogen) atoms. The maximum Gasteiger partial charge on any atom is 0.340 e. The number of hydrogen-bond acceptors (Lipinski definition) is 6. The first-order valence-corrected chi connectivity index (χ1v) is 15.7.